The molecule has 1 atom stereocenters. The van der Waals surface area contributed by atoms with Gasteiger partial charge in [0, 0.05) is 0 Å². The van der Waals surface area contributed by atoms with Crippen LogP contribution in [0.1, 0.15) is 18.5 Å². The van der Waals surface area contributed by atoms with Crippen molar-refractivity contribution in [3.8, 4) is 0 Å². The zero-order chi connectivity index (χ0) is 11.4. The van der Waals surface area contributed by atoms with Crippen molar-refractivity contribution in [1.29, 1.82) is 0 Å². The molecule has 0 saturated heterocycles. The molecule has 2 heteroatoms. The lowest BCUT2D eigenvalue weighted by atomic mass is 10.1. The number of para-hydroxylation sites is 1. The average Bonchev–Trinajstić information content (AvgIpc) is 2.39. The van der Waals surface area contributed by atoms with Crippen LogP contribution in [0.3, 0.4) is 0 Å². The van der Waals surface area contributed by atoms with Gasteiger partial charge in [-0.2, -0.15) is 0 Å². The molecule has 0 spiro atoms. The van der Waals surface area contributed by atoms with Gasteiger partial charge in [0.25, 0.3) is 0 Å². The maximum absolute atomic E-state index is 12.1. The van der Waals surface area contributed by atoms with Crippen LogP contribution in [0.15, 0.2) is 60.7 Å². The molecule has 0 aromatic heterocycles. The van der Waals surface area contributed by atoms with Gasteiger partial charge in [-0.05, 0) is 24.6 Å². The van der Waals surface area contributed by atoms with Crippen LogP contribution in [-0.2, 0) is 5.21 Å². The SMILES string of the molecule is CC(c1ccccc1)N([O])c1ccccc1. The van der Waals surface area contributed by atoms with Gasteiger partial charge in [0.1, 0.15) is 0 Å². The van der Waals surface area contributed by atoms with Gasteiger partial charge in [0.2, 0.25) is 0 Å². The van der Waals surface area contributed by atoms with Crippen LogP contribution in [0.4, 0.5) is 5.69 Å². The predicted molar refractivity (Wildman–Crippen MR) is 64.5 cm³/mol. The van der Waals surface area contributed by atoms with E-state index in [9.17, 15) is 5.21 Å². The van der Waals surface area contributed by atoms with Crippen molar-refractivity contribution >= 4 is 5.69 Å². The molecule has 0 heterocycles. The highest BCUT2D eigenvalue weighted by Gasteiger charge is 2.14. The first kappa shape index (κ1) is 10.7. The molecule has 1 radical (unpaired) electrons. The highest BCUT2D eigenvalue weighted by atomic mass is 16.5. The zero-order valence-electron chi connectivity index (χ0n) is 9.21. The second-order valence-electron chi connectivity index (χ2n) is 3.75. The quantitative estimate of drug-likeness (QED) is 0.713. The maximum atomic E-state index is 12.1. The molecule has 0 amide bonds. The fourth-order valence-corrected chi connectivity index (χ4v) is 1.67. The van der Waals surface area contributed by atoms with Crippen molar-refractivity contribution in [3.63, 3.8) is 0 Å². The monoisotopic (exact) mass is 212 g/mol. The molecular formula is C14H14NO. The average molecular weight is 212 g/mol. The summed E-state index contributed by atoms with van der Waals surface area (Å²) in [4.78, 5) is 0. The number of nitrogens with zero attached hydrogens (tertiary/aromatic N) is 1. The van der Waals surface area contributed by atoms with E-state index in [2.05, 4.69) is 0 Å². The largest absolute Gasteiger partial charge is 0.213 e. The number of benzene rings is 2. The van der Waals surface area contributed by atoms with Crippen molar-refractivity contribution in [2.75, 3.05) is 5.06 Å². The number of hydroxylamine groups is 1. The van der Waals surface area contributed by atoms with E-state index < -0.39 is 0 Å². The van der Waals surface area contributed by atoms with Gasteiger partial charge in [-0.25, -0.2) is 5.06 Å². The summed E-state index contributed by atoms with van der Waals surface area (Å²) in [6.45, 7) is 1.91. The Morgan fingerprint density at radius 2 is 1.38 bits per heavy atom. The molecular weight excluding hydrogens is 198 g/mol. The molecule has 0 saturated carbocycles. The molecule has 16 heavy (non-hydrogen) atoms. The Kier molecular flexibility index (Phi) is 3.22. The van der Waals surface area contributed by atoms with E-state index in [1.807, 2.05) is 67.6 Å². The van der Waals surface area contributed by atoms with Crippen LogP contribution in [0.5, 0.6) is 0 Å². The van der Waals surface area contributed by atoms with Gasteiger partial charge in [0.15, 0.2) is 0 Å². The minimum atomic E-state index is -0.163. The number of hydrogen-bond acceptors (Lipinski definition) is 1. The van der Waals surface area contributed by atoms with Crippen LogP contribution >= 0.6 is 0 Å². The van der Waals surface area contributed by atoms with E-state index in [1.165, 1.54) is 0 Å². The number of anilines is 1. The van der Waals surface area contributed by atoms with Crippen LogP contribution in [0.2, 0.25) is 0 Å². The van der Waals surface area contributed by atoms with Crippen LogP contribution < -0.4 is 5.06 Å². The van der Waals surface area contributed by atoms with E-state index in [1.54, 1.807) is 0 Å². The van der Waals surface area contributed by atoms with Crippen molar-refractivity contribution in [3.05, 3.63) is 66.2 Å². The molecule has 0 N–H and O–H groups in total. The first-order valence-electron chi connectivity index (χ1n) is 5.35. The topological polar surface area (TPSA) is 23.1 Å². The molecule has 0 aliphatic carbocycles. The van der Waals surface area contributed by atoms with E-state index in [0.717, 1.165) is 10.6 Å². The fourth-order valence-electron chi connectivity index (χ4n) is 1.67. The smallest absolute Gasteiger partial charge is 0.0817 e. The summed E-state index contributed by atoms with van der Waals surface area (Å²) in [6.07, 6.45) is 0. The molecule has 0 aliphatic heterocycles. The first-order chi connectivity index (χ1) is 7.79. The third-order valence-electron chi connectivity index (χ3n) is 2.64. The Morgan fingerprint density at radius 1 is 0.875 bits per heavy atom. The van der Waals surface area contributed by atoms with Crippen molar-refractivity contribution in [2.24, 2.45) is 0 Å². The number of rotatable bonds is 3. The highest BCUT2D eigenvalue weighted by molar-refractivity contribution is 5.45. The van der Waals surface area contributed by atoms with Crippen LogP contribution in [0, 0.1) is 0 Å². The summed E-state index contributed by atoms with van der Waals surface area (Å²) in [7, 11) is 0. The van der Waals surface area contributed by atoms with Gasteiger partial charge < -0.3 is 0 Å². The summed E-state index contributed by atoms with van der Waals surface area (Å²) < 4.78 is 0. The van der Waals surface area contributed by atoms with E-state index in [4.69, 9.17) is 0 Å². The van der Waals surface area contributed by atoms with Crippen molar-refractivity contribution in [2.45, 2.75) is 13.0 Å². The summed E-state index contributed by atoms with van der Waals surface area (Å²) >= 11 is 0. The van der Waals surface area contributed by atoms with Gasteiger partial charge in [-0.3, -0.25) is 0 Å². The van der Waals surface area contributed by atoms with Crippen LogP contribution in [-0.4, -0.2) is 0 Å². The number of hydrogen-bond donors (Lipinski definition) is 0. The Hall–Kier alpha value is -1.80. The van der Waals surface area contributed by atoms with E-state index in [0.29, 0.717) is 5.69 Å². The standard InChI is InChI=1S/C14H14NO/c1-12(13-8-4-2-5-9-13)15(16)14-10-6-3-7-11-14/h2-12H,1H3. The molecule has 81 valence electrons. The van der Waals surface area contributed by atoms with Gasteiger partial charge >= 0.3 is 0 Å². The van der Waals surface area contributed by atoms with Crippen molar-refractivity contribution < 1.29 is 5.21 Å². The van der Waals surface area contributed by atoms with Crippen molar-refractivity contribution in [1.82, 2.24) is 0 Å². The predicted octanol–water partition coefficient (Wildman–Crippen LogP) is 3.60. The third-order valence-corrected chi connectivity index (χ3v) is 2.64. The zero-order valence-corrected chi connectivity index (χ0v) is 9.21. The second-order valence-corrected chi connectivity index (χ2v) is 3.75. The Morgan fingerprint density at radius 3 is 1.94 bits per heavy atom. The van der Waals surface area contributed by atoms with Gasteiger partial charge in [0.05, 0.1) is 11.7 Å². The molecule has 1 unspecified atom stereocenters. The Balaban J connectivity index is 2.20. The van der Waals surface area contributed by atoms with Gasteiger partial charge in [-0.15, -0.1) is 0 Å². The van der Waals surface area contributed by atoms with E-state index in [-0.39, 0.29) is 6.04 Å². The Bertz CT molecular complexity index is 384. The fraction of sp³-hybridized carbons (Fsp3) is 0.143. The molecule has 2 rings (SSSR count). The third kappa shape index (κ3) is 2.23. The lowest BCUT2D eigenvalue weighted by Gasteiger charge is -2.22. The normalized spacial score (nSPS) is 12.1. The summed E-state index contributed by atoms with van der Waals surface area (Å²) in [6, 6.07) is 18.9. The van der Waals surface area contributed by atoms with Gasteiger partial charge in [-0.1, -0.05) is 53.7 Å². The molecule has 2 nitrogen and oxygen atoms in total. The Labute approximate surface area is 95.7 Å². The van der Waals surface area contributed by atoms with E-state index >= 15 is 0 Å². The molecule has 0 bridgehead atoms. The van der Waals surface area contributed by atoms with Crippen LogP contribution in [0.25, 0.3) is 0 Å². The minimum absolute atomic E-state index is 0.163. The minimum Gasteiger partial charge on any atom is -0.213 e. The lowest BCUT2D eigenvalue weighted by Crippen LogP contribution is -2.20. The molecule has 0 fully saturated rings. The lowest BCUT2D eigenvalue weighted by molar-refractivity contribution is 0.133. The molecule has 2 aromatic carbocycles. The first-order valence-corrected chi connectivity index (χ1v) is 5.35. The molecule has 0 aliphatic rings. The maximum Gasteiger partial charge on any atom is 0.0817 e. The second kappa shape index (κ2) is 4.81. The summed E-state index contributed by atoms with van der Waals surface area (Å²) in [5, 5.41) is 13.1. The summed E-state index contributed by atoms with van der Waals surface area (Å²) in [5.74, 6) is 0. The highest BCUT2D eigenvalue weighted by Crippen LogP contribution is 2.24. The summed E-state index contributed by atoms with van der Waals surface area (Å²) in [5.41, 5.74) is 1.72. The molecule has 2 aromatic rings.